The van der Waals surface area contributed by atoms with E-state index in [1.165, 1.54) is 22.2 Å². The second-order valence-corrected chi connectivity index (χ2v) is 14.3. The van der Waals surface area contributed by atoms with Crippen LogP contribution >= 0.6 is 0 Å². The van der Waals surface area contributed by atoms with Gasteiger partial charge in [-0.15, -0.1) is 42.4 Å². The summed E-state index contributed by atoms with van der Waals surface area (Å²) in [5, 5.41) is 8.66. The number of rotatable bonds is 6. The molecule has 0 unspecified atom stereocenters. The standard InChI is InChI=1S/C47H36BN6O.Pt/c1-31-25-32(2)46(33(3)26-31)48-39-16-6-8-20-44(39)55-47-40(48)17-12-19-42(47)53(35-14-11-13-34(27-35)52-30-51(4)29-50-52)36-22-23-38-37-15-5-7-18-41(37)54(43(38)28-36)45-21-9-10-24-49-45;/h5-26,29-30H,1-4H3;/q-3;. The summed E-state index contributed by atoms with van der Waals surface area (Å²) in [6.45, 7) is 8.53. The number of ether oxygens (including phenoxy) is 1. The maximum absolute atomic E-state index is 7.03. The minimum Gasteiger partial charge on any atom is -0.493 e. The first-order chi connectivity index (χ1) is 26.9. The molecule has 0 fully saturated rings. The molecule has 0 amide bonds. The van der Waals surface area contributed by atoms with Gasteiger partial charge in [-0.2, -0.15) is 17.2 Å². The number of fused-ring (bicyclic) bond motifs is 5. The molecule has 276 valence electrons. The van der Waals surface area contributed by atoms with Gasteiger partial charge in [-0.1, -0.05) is 111 Å². The van der Waals surface area contributed by atoms with Gasteiger partial charge in [-0.05, 0) is 74.5 Å². The van der Waals surface area contributed by atoms with Crippen molar-refractivity contribution in [2.24, 2.45) is 5.10 Å². The maximum atomic E-state index is 7.03. The second-order valence-electron chi connectivity index (χ2n) is 14.3. The van der Waals surface area contributed by atoms with Crippen molar-refractivity contribution < 1.29 is 25.8 Å². The van der Waals surface area contributed by atoms with Crippen LogP contribution in [0.2, 0.25) is 0 Å². The first-order valence-corrected chi connectivity index (χ1v) is 18.5. The molecule has 10 rings (SSSR count). The molecule has 8 aromatic rings. The third-order valence-corrected chi connectivity index (χ3v) is 10.6. The molecule has 56 heavy (non-hydrogen) atoms. The van der Waals surface area contributed by atoms with Crippen molar-refractivity contribution in [3.05, 3.63) is 169 Å². The molecule has 0 N–H and O–H groups in total. The molecule has 0 radical (unpaired) electrons. The molecule has 2 aliphatic heterocycles. The quantitative estimate of drug-likeness (QED) is 0.124. The number of aryl methyl sites for hydroxylation is 3. The Labute approximate surface area is 341 Å². The van der Waals surface area contributed by atoms with Gasteiger partial charge in [0.1, 0.15) is 17.3 Å². The van der Waals surface area contributed by atoms with Crippen molar-refractivity contribution >= 4 is 74.0 Å². The number of hydrazone groups is 1. The minimum absolute atomic E-state index is 0. The van der Waals surface area contributed by atoms with Crippen LogP contribution in [-0.2, 0) is 21.1 Å². The first-order valence-electron chi connectivity index (χ1n) is 18.5. The smallest absolute Gasteiger partial charge is 0.251 e. The number of hydrogen-bond donors (Lipinski definition) is 0. The number of nitrogens with zero attached hydrogens (tertiary/aromatic N) is 6. The van der Waals surface area contributed by atoms with Crippen molar-refractivity contribution in [2.75, 3.05) is 17.0 Å². The first kappa shape index (κ1) is 35.6. The van der Waals surface area contributed by atoms with E-state index in [0.717, 1.165) is 72.8 Å². The van der Waals surface area contributed by atoms with E-state index in [-0.39, 0.29) is 27.8 Å². The summed E-state index contributed by atoms with van der Waals surface area (Å²) < 4.78 is 9.23. The van der Waals surface area contributed by atoms with Crippen LogP contribution in [0.4, 0.5) is 22.7 Å². The van der Waals surface area contributed by atoms with Crippen LogP contribution in [0.15, 0.2) is 139 Å². The summed E-state index contributed by atoms with van der Waals surface area (Å²) in [5.41, 5.74) is 12.7. The molecule has 0 saturated heterocycles. The van der Waals surface area contributed by atoms with Gasteiger partial charge < -0.3 is 24.1 Å². The fraction of sp³-hybridized carbons (Fsp3) is 0.0851. The van der Waals surface area contributed by atoms with Crippen LogP contribution in [0.3, 0.4) is 0 Å². The molecule has 9 heteroatoms. The van der Waals surface area contributed by atoms with Gasteiger partial charge in [0.05, 0.1) is 12.0 Å². The van der Waals surface area contributed by atoms with Crippen molar-refractivity contribution in [3.63, 3.8) is 0 Å². The number of aromatic nitrogens is 2. The monoisotopic (exact) mass is 906 g/mol. The summed E-state index contributed by atoms with van der Waals surface area (Å²) >= 11 is 0. The predicted octanol–water partition coefficient (Wildman–Crippen LogP) is 8.61. The summed E-state index contributed by atoms with van der Waals surface area (Å²) in [6, 6.07) is 52.1. The molecule has 2 aliphatic rings. The maximum Gasteiger partial charge on any atom is 0.251 e. The average molecular weight is 907 g/mol. The molecule has 0 saturated carbocycles. The third kappa shape index (κ3) is 5.87. The topological polar surface area (TPSA) is 49.1 Å². The van der Waals surface area contributed by atoms with Gasteiger partial charge in [-0.25, -0.2) is 4.98 Å². The molecule has 0 aliphatic carbocycles. The molecule has 2 aromatic heterocycles. The van der Waals surface area contributed by atoms with Crippen molar-refractivity contribution in [2.45, 2.75) is 20.8 Å². The number of para-hydroxylation sites is 3. The van der Waals surface area contributed by atoms with E-state index in [1.807, 2.05) is 60.2 Å². The van der Waals surface area contributed by atoms with E-state index in [2.05, 4.69) is 145 Å². The van der Waals surface area contributed by atoms with E-state index in [0.29, 0.717) is 0 Å². The SMILES string of the molecule is Cc1cc(C)c(B2c3ccccc3Oc3c2cccc3N(c2[c-]c(N3[CH-]N(C)C=N3)ccc2)c2[c-]c3c(cc2)c2ccccc2n3-c2ccccn2)c(C)c1.[Pt]. The zero-order valence-electron chi connectivity index (χ0n) is 31.3. The van der Waals surface area contributed by atoms with Crippen LogP contribution in [0.25, 0.3) is 27.6 Å². The molecule has 4 heterocycles. The largest absolute Gasteiger partial charge is 0.493 e. The van der Waals surface area contributed by atoms with Gasteiger partial charge in [0.15, 0.2) is 0 Å². The van der Waals surface area contributed by atoms with Gasteiger partial charge in [0, 0.05) is 32.8 Å². The van der Waals surface area contributed by atoms with E-state index in [1.54, 1.807) is 6.34 Å². The Kier molecular flexibility index (Phi) is 9.02. The van der Waals surface area contributed by atoms with Crippen LogP contribution in [0.1, 0.15) is 16.7 Å². The van der Waals surface area contributed by atoms with Crippen molar-refractivity contribution in [1.82, 2.24) is 14.5 Å². The molecule has 6 aromatic carbocycles. The van der Waals surface area contributed by atoms with Gasteiger partial charge in [0.2, 0.25) is 0 Å². The Hall–Kier alpha value is -6.11. The van der Waals surface area contributed by atoms with Crippen LogP contribution in [0, 0.1) is 39.6 Å². The summed E-state index contributed by atoms with van der Waals surface area (Å²) in [5.74, 6) is 2.48. The predicted molar refractivity (Wildman–Crippen MR) is 226 cm³/mol. The summed E-state index contributed by atoms with van der Waals surface area (Å²) in [4.78, 5) is 8.92. The average Bonchev–Trinajstić information content (AvgIpc) is 3.79. The number of benzene rings is 6. The van der Waals surface area contributed by atoms with Crippen LogP contribution < -0.4 is 31.0 Å². The fourth-order valence-electron chi connectivity index (χ4n) is 8.43. The van der Waals surface area contributed by atoms with E-state index < -0.39 is 0 Å². The Morgan fingerprint density at radius 2 is 1.48 bits per heavy atom. The number of pyridine rings is 1. The van der Waals surface area contributed by atoms with E-state index in [4.69, 9.17) is 9.72 Å². The van der Waals surface area contributed by atoms with E-state index in [9.17, 15) is 0 Å². The van der Waals surface area contributed by atoms with Crippen LogP contribution in [-0.4, -0.2) is 34.5 Å². The molecule has 0 spiro atoms. The molecule has 0 atom stereocenters. The van der Waals surface area contributed by atoms with E-state index >= 15 is 0 Å². The Morgan fingerprint density at radius 1 is 0.732 bits per heavy atom. The Balaban J connectivity index is 0.00000410. The molecule has 0 bridgehead atoms. The summed E-state index contributed by atoms with van der Waals surface area (Å²) in [6.07, 6.45) is 3.62. The Bertz CT molecular complexity index is 2800. The zero-order valence-corrected chi connectivity index (χ0v) is 33.6. The third-order valence-electron chi connectivity index (χ3n) is 10.6. The minimum atomic E-state index is -0.0279. The van der Waals surface area contributed by atoms with Gasteiger partial charge >= 0.3 is 0 Å². The molecular weight excluding hydrogens is 870 g/mol. The Morgan fingerprint density at radius 3 is 2.29 bits per heavy atom. The van der Waals surface area contributed by atoms with Crippen LogP contribution in [0.5, 0.6) is 11.5 Å². The second kappa shape index (κ2) is 14.2. The van der Waals surface area contributed by atoms with Crippen molar-refractivity contribution in [3.8, 4) is 17.3 Å². The normalized spacial score (nSPS) is 13.1. The fourth-order valence-corrected chi connectivity index (χ4v) is 8.43. The van der Waals surface area contributed by atoms with Crippen molar-refractivity contribution in [1.29, 1.82) is 0 Å². The molecule has 7 nitrogen and oxygen atoms in total. The molecular formula is C47H36BN6OPt-3. The number of anilines is 4. The van der Waals surface area contributed by atoms with Gasteiger partial charge in [0.25, 0.3) is 6.71 Å². The zero-order chi connectivity index (χ0) is 37.2. The van der Waals surface area contributed by atoms with Gasteiger partial charge in [-0.3, -0.25) is 0 Å². The number of hydrogen-bond acceptors (Lipinski definition) is 6. The summed E-state index contributed by atoms with van der Waals surface area (Å²) in [7, 11) is 1.96.